The Morgan fingerprint density at radius 2 is 1.81 bits per heavy atom. The molecule has 1 amide bonds. The number of carbonyl (C=O) groups is 1. The number of carbonyl (C=O) groups excluding carboxylic acids is 1. The van der Waals surface area contributed by atoms with E-state index in [1.165, 1.54) is 18.2 Å². The molecule has 0 saturated carbocycles. The first kappa shape index (κ1) is 20.1. The van der Waals surface area contributed by atoms with E-state index in [9.17, 15) is 18.0 Å². The molecular weight excluding hydrogens is 365 g/mol. The lowest BCUT2D eigenvalue weighted by Gasteiger charge is -2.12. The predicted molar refractivity (Wildman–Crippen MR) is 92.3 cm³/mol. The van der Waals surface area contributed by atoms with Crippen LogP contribution in [0.3, 0.4) is 0 Å². The number of primary amides is 1. The van der Waals surface area contributed by atoms with E-state index in [1.807, 2.05) is 0 Å². The Bertz CT molecular complexity index is 785. The molecule has 0 unspecified atom stereocenters. The summed E-state index contributed by atoms with van der Waals surface area (Å²) in [6, 6.07) is 9.34. The first-order valence-electron chi connectivity index (χ1n) is 7.88. The molecule has 0 spiro atoms. The highest BCUT2D eigenvalue weighted by atomic mass is 19.4. The fraction of sp³-hybridized carbons (Fsp3) is 0.294. The number of benzene rings is 1. The maximum absolute atomic E-state index is 12.1. The van der Waals surface area contributed by atoms with Gasteiger partial charge in [0, 0.05) is 13.6 Å². The molecule has 1 heterocycles. The van der Waals surface area contributed by atoms with Crippen molar-refractivity contribution in [2.45, 2.75) is 19.3 Å². The number of nitrogens with zero attached hydrogens (tertiary/aromatic N) is 1. The minimum absolute atomic E-state index is 0.0718. The summed E-state index contributed by atoms with van der Waals surface area (Å²) in [5.74, 6) is 0.554. The van der Waals surface area contributed by atoms with E-state index in [4.69, 9.17) is 10.2 Å². The zero-order valence-electron chi connectivity index (χ0n) is 14.5. The van der Waals surface area contributed by atoms with Crippen LogP contribution in [0.4, 0.5) is 13.2 Å². The Kier molecular flexibility index (Phi) is 6.69. The van der Waals surface area contributed by atoms with E-state index in [-0.39, 0.29) is 18.1 Å². The number of hydrogen-bond donors (Lipinski definition) is 3. The number of nitrogens with one attached hydrogen (secondary N) is 2. The molecule has 27 heavy (non-hydrogen) atoms. The molecule has 1 aromatic heterocycles. The van der Waals surface area contributed by atoms with Crippen LogP contribution in [0.2, 0.25) is 0 Å². The Labute approximate surface area is 153 Å². The molecule has 0 radical (unpaired) electrons. The van der Waals surface area contributed by atoms with Gasteiger partial charge in [0.05, 0.1) is 6.54 Å². The summed E-state index contributed by atoms with van der Waals surface area (Å²) < 4.78 is 46.3. The molecule has 10 heteroatoms. The quantitative estimate of drug-likeness (QED) is 0.502. The summed E-state index contributed by atoms with van der Waals surface area (Å²) in [5, 5.41) is 6.05. The second kappa shape index (κ2) is 8.97. The summed E-state index contributed by atoms with van der Waals surface area (Å²) >= 11 is 0. The van der Waals surface area contributed by atoms with Crippen molar-refractivity contribution in [3.63, 3.8) is 0 Å². The topological polar surface area (TPSA) is 102 Å². The summed E-state index contributed by atoms with van der Waals surface area (Å²) in [6.07, 6.45) is -4.37. The molecule has 0 aliphatic carbocycles. The summed E-state index contributed by atoms with van der Waals surface area (Å²) in [6.45, 7) is -0.646. The van der Waals surface area contributed by atoms with Crippen LogP contribution < -0.4 is 21.1 Å². The highest BCUT2D eigenvalue weighted by Gasteiger charge is 2.28. The number of hydrogen-bond acceptors (Lipinski definition) is 4. The van der Waals surface area contributed by atoms with Crippen LogP contribution in [0, 0.1) is 0 Å². The number of alkyl halides is 3. The summed E-state index contributed by atoms with van der Waals surface area (Å²) in [5.41, 5.74) is 5.94. The average molecular weight is 384 g/mol. The minimum atomic E-state index is -4.37. The number of aliphatic imine (C=N–C) groups is 1. The van der Waals surface area contributed by atoms with E-state index < -0.39 is 18.7 Å². The lowest BCUT2D eigenvalue weighted by Crippen LogP contribution is -2.36. The van der Waals surface area contributed by atoms with Crippen LogP contribution in [0.5, 0.6) is 5.75 Å². The Morgan fingerprint density at radius 3 is 2.37 bits per heavy atom. The number of ether oxygens (including phenoxy) is 1. The molecule has 0 atom stereocenters. The van der Waals surface area contributed by atoms with Crippen LogP contribution in [-0.4, -0.2) is 31.7 Å². The van der Waals surface area contributed by atoms with Crippen LogP contribution >= 0.6 is 0 Å². The van der Waals surface area contributed by atoms with Gasteiger partial charge in [-0.3, -0.25) is 9.79 Å². The van der Waals surface area contributed by atoms with Gasteiger partial charge in [0.25, 0.3) is 5.91 Å². The third-order valence-electron chi connectivity index (χ3n) is 3.34. The van der Waals surface area contributed by atoms with Crippen molar-refractivity contribution >= 4 is 11.9 Å². The molecule has 0 saturated heterocycles. The molecule has 0 bridgehead atoms. The zero-order valence-corrected chi connectivity index (χ0v) is 14.5. The number of guanidine groups is 1. The highest BCUT2D eigenvalue weighted by molar-refractivity contribution is 5.89. The smallest absolute Gasteiger partial charge is 0.422 e. The Balaban J connectivity index is 1.80. The van der Waals surface area contributed by atoms with Gasteiger partial charge in [0.1, 0.15) is 11.5 Å². The monoisotopic (exact) mass is 384 g/mol. The largest absolute Gasteiger partial charge is 0.484 e. The van der Waals surface area contributed by atoms with Crippen LogP contribution in [-0.2, 0) is 13.1 Å². The number of nitrogens with two attached hydrogens (primary N) is 1. The van der Waals surface area contributed by atoms with Crippen molar-refractivity contribution in [2.24, 2.45) is 10.7 Å². The molecule has 146 valence electrons. The van der Waals surface area contributed by atoms with Crippen molar-refractivity contribution in [1.82, 2.24) is 10.6 Å². The number of rotatable bonds is 7. The number of amides is 1. The highest BCUT2D eigenvalue weighted by Crippen LogP contribution is 2.18. The Morgan fingerprint density at radius 1 is 1.15 bits per heavy atom. The third-order valence-corrected chi connectivity index (χ3v) is 3.34. The van der Waals surface area contributed by atoms with Crippen LogP contribution in [0.25, 0.3) is 0 Å². The normalized spacial score (nSPS) is 11.9. The van der Waals surface area contributed by atoms with Crippen molar-refractivity contribution in [3.8, 4) is 5.75 Å². The van der Waals surface area contributed by atoms with Crippen LogP contribution in [0.1, 0.15) is 21.9 Å². The minimum Gasteiger partial charge on any atom is -0.484 e. The molecule has 0 fully saturated rings. The third kappa shape index (κ3) is 6.92. The van der Waals surface area contributed by atoms with E-state index in [2.05, 4.69) is 20.4 Å². The molecule has 7 nitrogen and oxygen atoms in total. The van der Waals surface area contributed by atoms with Crippen molar-refractivity contribution in [3.05, 3.63) is 53.5 Å². The maximum atomic E-state index is 12.1. The second-order valence-electron chi connectivity index (χ2n) is 5.46. The van der Waals surface area contributed by atoms with Crippen molar-refractivity contribution < 1.29 is 27.1 Å². The van der Waals surface area contributed by atoms with Gasteiger partial charge in [-0.2, -0.15) is 13.2 Å². The molecule has 0 aliphatic heterocycles. The summed E-state index contributed by atoms with van der Waals surface area (Å²) in [7, 11) is 1.58. The number of furan rings is 1. The molecule has 2 aromatic rings. The Hall–Kier alpha value is -3.17. The maximum Gasteiger partial charge on any atom is 0.422 e. The predicted octanol–water partition coefficient (Wildman–Crippen LogP) is 2.18. The fourth-order valence-electron chi connectivity index (χ4n) is 2.05. The molecule has 0 aliphatic rings. The first-order valence-corrected chi connectivity index (χ1v) is 7.88. The van der Waals surface area contributed by atoms with Crippen LogP contribution in [0.15, 0.2) is 45.8 Å². The van der Waals surface area contributed by atoms with Crippen molar-refractivity contribution in [1.29, 1.82) is 0 Å². The lowest BCUT2D eigenvalue weighted by atomic mass is 10.2. The molecular formula is C17H19F3N4O3. The van der Waals surface area contributed by atoms with Gasteiger partial charge >= 0.3 is 6.18 Å². The molecule has 2 rings (SSSR count). The van der Waals surface area contributed by atoms with Gasteiger partial charge in [0.15, 0.2) is 18.3 Å². The lowest BCUT2D eigenvalue weighted by molar-refractivity contribution is -0.153. The van der Waals surface area contributed by atoms with E-state index in [1.54, 1.807) is 25.2 Å². The van der Waals surface area contributed by atoms with Crippen molar-refractivity contribution in [2.75, 3.05) is 13.7 Å². The van der Waals surface area contributed by atoms with Gasteiger partial charge < -0.3 is 25.5 Å². The summed E-state index contributed by atoms with van der Waals surface area (Å²) in [4.78, 5) is 15.0. The van der Waals surface area contributed by atoms with Gasteiger partial charge in [-0.1, -0.05) is 12.1 Å². The molecule has 1 aromatic carbocycles. The van der Waals surface area contributed by atoms with Gasteiger partial charge in [0.2, 0.25) is 0 Å². The van der Waals surface area contributed by atoms with Gasteiger partial charge in [-0.15, -0.1) is 0 Å². The first-order chi connectivity index (χ1) is 12.8. The standard InChI is InChI=1S/C17H19F3N4O3/c1-22-16(24-9-13-6-7-14(27-13)15(21)25)23-8-11-2-4-12(5-3-11)26-10-17(18,19)20/h2-7H,8-10H2,1H3,(H2,21,25)(H2,22,23,24). The van der Waals surface area contributed by atoms with E-state index >= 15 is 0 Å². The van der Waals surface area contributed by atoms with Gasteiger partial charge in [-0.05, 0) is 29.8 Å². The second-order valence-corrected chi connectivity index (χ2v) is 5.46. The molecule has 4 N–H and O–H groups in total. The SMILES string of the molecule is CN=C(NCc1ccc(OCC(F)(F)F)cc1)NCc1ccc(C(N)=O)o1. The fourth-order valence-corrected chi connectivity index (χ4v) is 2.05. The number of halogens is 3. The van der Waals surface area contributed by atoms with E-state index in [0.29, 0.717) is 18.3 Å². The average Bonchev–Trinajstić information content (AvgIpc) is 3.10. The van der Waals surface area contributed by atoms with Gasteiger partial charge in [-0.25, -0.2) is 0 Å². The van der Waals surface area contributed by atoms with E-state index in [0.717, 1.165) is 5.56 Å². The zero-order chi connectivity index (χ0) is 19.9.